The van der Waals surface area contributed by atoms with Gasteiger partial charge in [-0.3, -0.25) is 4.79 Å². The molecule has 7 heteroatoms. The molecule has 1 aromatic heterocycles. The molecule has 0 aliphatic heterocycles. The minimum Gasteiger partial charge on any atom is -0.351 e. The summed E-state index contributed by atoms with van der Waals surface area (Å²) in [6.45, 7) is 0.314. The number of carbonyl (C=O) groups is 1. The maximum absolute atomic E-state index is 12.1. The molecule has 1 aliphatic rings. The van der Waals surface area contributed by atoms with Gasteiger partial charge in [0.05, 0.1) is 12.5 Å². The number of fused-ring (bicyclic) bond motifs is 1. The minimum absolute atomic E-state index is 0.0302. The Labute approximate surface area is 131 Å². The Morgan fingerprint density at radius 3 is 2.71 bits per heavy atom. The van der Waals surface area contributed by atoms with Crippen LogP contribution >= 0.6 is 22.0 Å². The van der Waals surface area contributed by atoms with Crippen LogP contribution in [-0.4, -0.2) is 14.3 Å². The molecule has 3 rings (SSSR count). The van der Waals surface area contributed by atoms with Crippen molar-refractivity contribution in [2.24, 2.45) is 0 Å². The zero-order chi connectivity index (χ0) is 15.0. The number of hydrogen-bond donors (Lipinski definition) is 1. The van der Waals surface area contributed by atoms with Crippen molar-refractivity contribution in [3.63, 3.8) is 0 Å². The average molecular weight is 342 g/mol. The summed E-state index contributed by atoms with van der Waals surface area (Å²) in [6.07, 6.45) is 0.758. The van der Waals surface area contributed by atoms with Crippen molar-refractivity contribution in [3.8, 4) is 0 Å². The van der Waals surface area contributed by atoms with E-state index in [9.17, 15) is 13.2 Å². The number of hydrogen-bond acceptors (Lipinski definition) is 4. The highest BCUT2D eigenvalue weighted by Crippen LogP contribution is 2.35. The third-order valence-electron chi connectivity index (χ3n) is 3.49. The second kappa shape index (κ2) is 5.44. The van der Waals surface area contributed by atoms with Gasteiger partial charge < -0.3 is 5.32 Å². The van der Waals surface area contributed by atoms with Gasteiger partial charge in [-0.1, -0.05) is 24.3 Å². The van der Waals surface area contributed by atoms with Crippen LogP contribution < -0.4 is 5.32 Å². The summed E-state index contributed by atoms with van der Waals surface area (Å²) in [5.74, 6) is -0.130. The summed E-state index contributed by atoms with van der Waals surface area (Å²) >= 11 is 1.07. The SMILES string of the molecule is O=C(NCc1ccc(S(=O)(=O)Cl)s1)C1Cc2ccccc21. The normalized spacial score (nSPS) is 16.9. The molecule has 1 aromatic carbocycles. The first-order valence-corrected chi connectivity index (χ1v) is 9.46. The Hall–Kier alpha value is -1.37. The molecule has 0 bridgehead atoms. The average Bonchev–Trinajstić information content (AvgIpc) is 2.86. The molecular formula is C14H12ClNO3S2. The summed E-state index contributed by atoms with van der Waals surface area (Å²) < 4.78 is 22.4. The first-order valence-electron chi connectivity index (χ1n) is 6.34. The summed E-state index contributed by atoms with van der Waals surface area (Å²) in [5, 5.41) is 2.84. The molecular weight excluding hydrogens is 330 g/mol. The van der Waals surface area contributed by atoms with Crippen LogP contribution in [0.25, 0.3) is 0 Å². The molecule has 2 aromatic rings. The number of carbonyl (C=O) groups excluding carboxylic acids is 1. The van der Waals surface area contributed by atoms with Crippen molar-refractivity contribution < 1.29 is 13.2 Å². The van der Waals surface area contributed by atoms with E-state index in [1.807, 2.05) is 24.3 Å². The summed E-state index contributed by atoms with van der Waals surface area (Å²) in [6, 6.07) is 11.0. The third kappa shape index (κ3) is 2.97. The fourth-order valence-electron chi connectivity index (χ4n) is 2.37. The van der Waals surface area contributed by atoms with Crippen molar-refractivity contribution in [3.05, 3.63) is 52.4 Å². The molecule has 0 fully saturated rings. The fraction of sp³-hybridized carbons (Fsp3) is 0.214. The number of amides is 1. The van der Waals surface area contributed by atoms with Crippen LogP contribution in [0, 0.1) is 0 Å². The highest BCUT2D eigenvalue weighted by Gasteiger charge is 2.31. The first kappa shape index (κ1) is 14.6. The van der Waals surface area contributed by atoms with Crippen LogP contribution in [0.1, 0.15) is 21.9 Å². The lowest BCUT2D eigenvalue weighted by Gasteiger charge is -2.28. The predicted molar refractivity (Wildman–Crippen MR) is 82.1 cm³/mol. The zero-order valence-electron chi connectivity index (χ0n) is 10.9. The molecule has 0 saturated heterocycles. The maximum Gasteiger partial charge on any atom is 0.270 e. The third-order valence-corrected chi connectivity index (χ3v) is 6.66. The summed E-state index contributed by atoms with van der Waals surface area (Å²) in [4.78, 5) is 12.9. The second-order valence-corrected chi connectivity index (χ2v) is 8.79. The van der Waals surface area contributed by atoms with Crippen molar-refractivity contribution in [2.45, 2.75) is 23.1 Å². The van der Waals surface area contributed by atoms with E-state index < -0.39 is 9.05 Å². The Bertz CT molecular complexity index is 798. The van der Waals surface area contributed by atoms with Crippen LogP contribution in [0.4, 0.5) is 0 Å². The molecule has 0 radical (unpaired) electrons. The molecule has 4 nitrogen and oxygen atoms in total. The Balaban J connectivity index is 1.62. The lowest BCUT2D eigenvalue weighted by Crippen LogP contribution is -2.34. The Morgan fingerprint density at radius 2 is 2.05 bits per heavy atom. The minimum atomic E-state index is -3.69. The van der Waals surface area contributed by atoms with Gasteiger partial charge in [0, 0.05) is 15.6 Å². The monoisotopic (exact) mass is 341 g/mol. The van der Waals surface area contributed by atoms with E-state index in [-0.39, 0.29) is 16.0 Å². The van der Waals surface area contributed by atoms with Crippen LogP contribution in [0.2, 0.25) is 0 Å². The highest BCUT2D eigenvalue weighted by molar-refractivity contribution is 8.15. The largest absolute Gasteiger partial charge is 0.351 e. The molecule has 110 valence electrons. The van der Waals surface area contributed by atoms with Gasteiger partial charge in [-0.2, -0.15) is 0 Å². The van der Waals surface area contributed by atoms with Crippen LogP contribution in [0.5, 0.6) is 0 Å². The highest BCUT2D eigenvalue weighted by atomic mass is 35.7. The molecule has 1 unspecified atom stereocenters. The maximum atomic E-state index is 12.1. The lowest BCUT2D eigenvalue weighted by molar-refractivity contribution is -0.123. The predicted octanol–water partition coefficient (Wildman–Crippen LogP) is 2.63. The molecule has 0 saturated carbocycles. The van der Waals surface area contributed by atoms with Gasteiger partial charge in [0.25, 0.3) is 9.05 Å². The van der Waals surface area contributed by atoms with E-state index in [2.05, 4.69) is 5.32 Å². The van der Waals surface area contributed by atoms with E-state index in [1.165, 1.54) is 11.6 Å². The van der Waals surface area contributed by atoms with Crippen molar-refractivity contribution in [2.75, 3.05) is 0 Å². The summed E-state index contributed by atoms with van der Waals surface area (Å²) in [5.41, 5.74) is 2.29. The van der Waals surface area contributed by atoms with Gasteiger partial charge >= 0.3 is 0 Å². The first-order chi connectivity index (χ1) is 9.95. The quantitative estimate of drug-likeness (QED) is 0.869. The van der Waals surface area contributed by atoms with Crippen molar-refractivity contribution in [1.82, 2.24) is 5.32 Å². The Kier molecular flexibility index (Phi) is 3.77. The second-order valence-electron chi connectivity index (χ2n) is 4.83. The van der Waals surface area contributed by atoms with Gasteiger partial charge in [0.2, 0.25) is 5.91 Å². The number of thiophene rings is 1. The van der Waals surface area contributed by atoms with Crippen LogP contribution in [0.15, 0.2) is 40.6 Å². The molecule has 21 heavy (non-hydrogen) atoms. The number of nitrogens with one attached hydrogen (secondary N) is 1. The van der Waals surface area contributed by atoms with E-state index in [0.717, 1.165) is 28.2 Å². The number of rotatable bonds is 4. The van der Waals surface area contributed by atoms with Gasteiger partial charge in [0.1, 0.15) is 4.21 Å². The van der Waals surface area contributed by atoms with Crippen molar-refractivity contribution in [1.29, 1.82) is 0 Å². The van der Waals surface area contributed by atoms with Gasteiger partial charge in [-0.25, -0.2) is 8.42 Å². The molecule has 1 aliphatic carbocycles. The van der Waals surface area contributed by atoms with E-state index in [0.29, 0.717) is 6.54 Å². The zero-order valence-corrected chi connectivity index (χ0v) is 13.3. The number of halogens is 1. The lowest BCUT2D eigenvalue weighted by atomic mass is 9.77. The van der Waals surface area contributed by atoms with Gasteiger partial charge in [-0.05, 0) is 29.7 Å². The molecule has 1 heterocycles. The van der Waals surface area contributed by atoms with Crippen LogP contribution in [0.3, 0.4) is 0 Å². The Morgan fingerprint density at radius 1 is 1.29 bits per heavy atom. The van der Waals surface area contributed by atoms with Crippen molar-refractivity contribution >= 4 is 37.0 Å². The molecule has 1 N–H and O–H groups in total. The molecule has 0 spiro atoms. The molecule has 1 atom stereocenters. The van der Waals surface area contributed by atoms with E-state index in [1.54, 1.807) is 6.07 Å². The van der Waals surface area contributed by atoms with Crippen LogP contribution in [-0.2, 0) is 26.8 Å². The van der Waals surface area contributed by atoms with E-state index in [4.69, 9.17) is 10.7 Å². The van der Waals surface area contributed by atoms with Gasteiger partial charge in [0.15, 0.2) is 0 Å². The summed E-state index contributed by atoms with van der Waals surface area (Å²) in [7, 11) is 1.58. The van der Waals surface area contributed by atoms with E-state index >= 15 is 0 Å². The standard InChI is InChI=1S/C14H12ClNO3S2/c15-21(18,19)13-6-5-10(20-13)8-16-14(17)12-7-9-3-1-2-4-11(9)12/h1-6,12H,7-8H2,(H,16,17). The molecule has 1 amide bonds. The number of benzene rings is 1. The van der Waals surface area contributed by atoms with Gasteiger partial charge in [-0.15, -0.1) is 11.3 Å². The smallest absolute Gasteiger partial charge is 0.270 e. The topological polar surface area (TPSA) is 63.2 Å². The fourth-order valence-corrected chi connectivity index (χ4v) is 4.44.